The number of amides is 1. The lowest BCUT2D eigenvalue weighted by Crippen LogP contribution is -2.58. The van der Waals surface area contributed by atoms with Crippen molar-refractivity contribution in [3.8, 4) is 11.1 Å². The van der Waals surface area contributed by atoms with Gasteiger partial charge in [-0.15, -0.1) is 11.8 Å². The van der Waals surface area contributed by atoms with Crippen molar-refractivity contribution in [3.05, 3.63) is 63.6 Å². The number of aromatic nitrogens is 2. The quantitative estimate of drug-likeness (QED) is 0.168. The van der Waals surface area contributed by atoms with Crippen molar-refractivity contribution in [2.24, 2.45) is 5.41 Å². The van der Waals surface area contributed by atoms with Gasteiger partial charge < -0.3 is 9.80 Å². The van der Waals surface area contributed by atoms with E-state index in [9.17, 15) is 35.9 Å². The van der Waals surface area contributed by atoms with Gasteiger partial charge in [0.25, 0.3) is 0 Å². The molecule has 15 heteroatoms. The van der Waals surface area contributed by atoms with Crippen molar-refractivity contribution in [2.75, 3.05) is 23.7 Å². The average Bonchev–Trinajstić information content (AvgIpc) is 3.10. The predicted molar refractivity (Wildman–Crippen MR) is 157 cm³/mol. The molecule has 3 aromatic rings. The summed E-state index contributed by atoms with van der Waals surface area (Å²) < 4.78 is 104. The molecule has 45 heavy (non-hydrogen) atoms. The second-order valence-corrected chi connectivity index (χ2v) is 13.5. The molecule has 3 heterocycles. The first kappa shape index (κ1) is 31.7. The first-order valence-electron chi connectivity index (χ1n) is 14.0. The van der Waals surface area contributed by atoms with Crippen molar-refractivity contribution in [1.82, 2.24) is 14.5 Å². The molecule has 1 saturated heterocycles. The van der Waals surface area contributed by atoms with Gasteiger partial charge in [-0.2, -0.15) is 18.2 Å². The Hall–Kier alpha value is -3.26. The summed E-state index contributed by atoms with van der Waals surface area (Å²) >= 11 is 6.73. The Bertz CT molecular complexity index is 1820. The van der Waals surface area contributed by atoms with Gasteiger partial charge in [0, 0.05) is 83.2 Å². The third-order valence-corrected chi connectivity index (χ3v) is 10.5. The number of halogens is 8. The van der Waals surface area contributed by atoms with Gasteiger partial charge in [-0.25, -0.2) is 22.4 Å². The molecule has 1 spiro atoms. The Balaban J connectivity index is 1.67. The van der Waals surface area contributed by atoms with Gasteiger partial charge in [-0.3, -0.25) is 9.36 Å². The molecule has 6 rings (SSSR count). The van der Waals surface area contributed by atoms with Crippen molar-refractivity contribution in [3.63, 3.8) is 0 Å². The number of anilines is 1. The van der Waals surface area contributed by atoms with Gasteiger partial charge in [0.2, 0.25) is 11.8 Å². The largest absolute Gasteiger partial charge is 0.417 e. The van der Waals surface area contributed by atoms with Crippen molar-refractivity contribution in [2.45, 2.75) is 62.3 Å². The molecular weight excluding hydrogens is 649 g/mol. The second-order valence-electron chi connectivity index (χ2n) is 12.1. The fourth-order valence-corrected chi connectivity index (χ4v) is 8.45. The SMILES string of the molecule is C=CC(=O)N1C[C@H](C)N(c2nc(=O)n3c4c(c(-c5cc(Cl)c(F)cc5F)c(C(F)(F)F)cc24)SCC2(C3)CC(F)(F)C2)C[C@H]1C. The van der Waals surface area contributed by atoms with Gasteiger partial charge >= 0.3 is 11.9 Å². The van der Waals surface area contributed by atoms with Crippen LogP contribution < -0.4 is 10.6 Å². The van der Waals surface area contributed by atoms with Crippen LogP contribution in [0.1, 0.15) is 32.3 Å². The van der Waals surface area contributed by atoms with Crippen molar-refractivity contribution >= 4 is 46.0 Å². The van der Waals surface area contributed by atoms with Crippen LogP contribution in [0.4, 0.5) is 36.6 Å². The Kier molecular flexibility index (Phi) is 7.50. The van der Waals surface area contributed by atoms with Crippen LogP contribution in [0.25, 0.3) is 22.0 Å². The monoisotopic (exact) mass is 674 g/mol. The van der Waals surface area contributed by atoms with Crippen LogP contribution in [0.5, 0.6) is 0 Å². The minimum Gasteiger partial charge on any atom is -0.349 e. The number of nitrogens with zero attached hydrogens (tertiary/aromatic N) is 4. The van der Waals surface area contributed by atoms with Crippen LogP contribution in [-0.2, 0) is 17.5 Å². The molecular formula is C30H26ClF7N4O2S. The zero-order valence-electron chi connectivity index (χ0n) is 24.0. The maximum Gasteiger partial charge on any atom is 0.417 e. The van der Waals surface area contributed by atoms with Gasteiger partial charge in [-0.1, -0.05) is 18.2 Å². The number of alkyl halides is 5. The van der Waals surface area contributed by atoms with Gasteiger partial charge in [0.15, 0.2) is 0 Å². The van der Waals surface area contributed by atoms with Crippen LogP contribution in [0.15, 0.2) is 40.5 Å². The van der Waals surface area contributed by atoms with E-state index in [4.69, 9.17) is 11.6 Å². The maximum absolute atomic E-state index is 15.3. The minimum absolute atomic E-state index is 0.0191. The second kappa shape index (κ2) is 10.6. The number of hydrogen-bond donors (Lipinski definition) is 0. The molecule has 6 nitrogen and oxygen atoms in total. The lowest BCUT2D eigenvalue weighted by atomic mass is 9.67. The highest BCUT2D eigenvalue weighted by molar-refractivity contribution is 7.99. The summed E-state index contributed by atoms with van der Waals surface area (Å²) in [5, 5.41) is -0.712. The molecule has 2 atom stereocenters. The summed E-state index contributed by atoms with van der Waals surface area (Å²) in [6.07, 6.45) is -5.11. The van der Waals surface area contributed by atoms with E-state index in [0.717, 1.165) is 34.5 Å². The number of piperazine rings is 1. The Labute approximate surface area is 261 Å². The summed E-state index contributed by atoms with van der Waals surface area (Å²) in [6, 6.07) is 0.962. The standard InChI is InChI=1S/C30H26ClF7N4O2S/c1-4-22(43)40-8-15(3)41(9-14(40)2)26-17-5-18(30(36,37)38)23(16-6-19(31)21(33)7-20(16)32)25-24(17)42(27(44)39-26)12-28(13-45-25)10-29(34,35)11-28/h4-7,14-15H,1,8-13H2,2-3H3/t14-,15+/m1/s1. The van der Waals surface area contributed by atoms with Gasteiger partial charge in [0.1, 0.15) is 17.5 Å². The highest BCUT2D eigenvalue weighted by Gasteiger charge is 2.57. The molecule has 0 N–H and O–H groups in total. The summed E-state index contributed by atoms with van der Waals surface area (Å²) in [7, 11) is 0. The van der Waals surface area contributed by atoms with Gasteiger partial charge in [-0.05, 0) is 32.1 Å². The Morgan fingerprint density at radius 1 is 1.11 bits per heavy atom. The fraction of sp³-hybridized carbons (Fsp3) is 0.433. The molecule has 240 valence electrons. The first-order chi connectivity index (χ1) is 20.9. The third kappa shape index (κ3) is 5.27. The van der Waals surface area contributed by atoms with Crippen molar-refractivity contribution in [1.29, 1.82) is 0 Å². The molecule has 1 amide bonds. The lowest BCUT2D eigenvalue weighted by molar-refractivity contribution is -0.156. The first-order valence-corrected chi connectivity index (χ1v) is 15.4. The molecule has 0 bridgehead atoms. The number of benzene rings is 2. The number of carbonyl (C=O) groups excluding carboxylic acids is 1. The number of hydrogen-bond acceptors (Lipinski definition) is 5. The third-order valence-electron chi connectivity index (χ3n) is 8.78. The molecule has 1 aliphatic carbocycles. The Morgan fingerprint density at radius 3 is 2.42 bits per heavy atom. The van der Waals surface area contributed by atoms with E-state index in [0.29, 0.717) is 6.07 Å². The smallest absolute Gasteiger partial charge is 0.349 e. The van der Waals surface area contributed by atoms with Crippen LogP contribution in [0.2, 0.25) is 5.02 Å². The number of carbonyl (C=O) groups is 1. The van der Waals surface area contributed by atoms with E-state index in [1.165, 1.54) is 0 Å². The topological polar surface area (TPSA) is 58.4 Å². The Morgan fingerprint density at radius 2 is 1.80 bits per heavy atom. The van der Waals surface area contributed by atoms with E-state index in [1.54, 1.807) is 23.6 Å². The molecule has 0 radical (unpaired) electrons. The summed E-state index contributed by atoms with van der Waals surface area (Å²) in [6.45, 7) is 6.99. The van der Waals surface area contributed by atoms with E-state index in [1.807, 2.05) is 0 Å². The summed E-state index contributed by atoms with van der Waals surface area (Å²) in [4.78, 5) is 33.4. The fourth-order valence-electron chi connectivity index (χ4n) is 6.82. The van der Waals surface area contributed by atoms with E-state index < -0.39 is 81.5 Å². The van der Waals surface area contributed by atoms with E-state index in [-0.39, 0.29) is 52.9 Å². The number of rotatable bonds is 3. The molecule has 1 aromatic heterocycles. The average molecular weight is 675 g/mol. The normalized spacial score (nSPS) is 22.4. The molecule has 0 unspecified atom stereocenters. The van der Waals surface area contributed by atoms with Crippen LogP contribution in [0.3, 0.4) is 0 Å². The molecule has 2 aromatic carbocycles. The highest BCUT2D eigenvalue weighted by Crippen LogP contribution is 2.58. The molecule has 2 fully saturated rings. The molecule has 2 aliphatic heterocycles. The lowest BCUT2D eigenvalue weighted by Gasteiger charge is -2.47. The zero-order chi connectivity index (χ0) is 32.8. The van der Waals surface area contributed by atoms with Crippen LogP contribution in [-0.4, -0.2) is 57.2 Å². The summed E-state index contributed by atoms with van der Waals surface area (Å²) in [5.74, 6) is -6.02. The van der Waals surface area contributed by atoms with Crippen molar-refractivity contribution < 1.29 is 35.5 Å². The molecule has 3 aliphatic rings. The minimum atomic E-state index is -5.08. The van der Waals surface area contributed by atoms with Gasteiger partial charge in [0.05, 0.1) is 16.1 Å². The zero-order valence-corrected chi connectivity index (χ0v) is 25.5. The predicted octanol–water partition coefficient (Wildman–Crippen LogP) is 7.15. The highest BCUT2D eigenvalue weighted by atomic mass is 35.5. The summed E-state index contributed by atoms with van der Waals surface area (Å²) in [5.41, 5.74) is -4.64. The van der Waals surface area contributed by atoms with Crippen LogP contribution >= 0.6 is 23.4 Å². The van der Waals surface area contributed by atoms with E-state index >= 15 is 4.39 Å². The maximum atomic E-state index is 15.3. The van der Waals surface area contributed by atoms with Crippen LogP contribution in [0, 0.1) is 17.0 Å². The molecule has 1 saturated carbocycles. The van der Waals surface area contributed by atoms with E-state index in [2.05, 4.69) is 11.6 Å². The number of thioether (sulfide) groups is 1.